The number of benzene rings is 1. The summed E-state index contributed by atoms with van der Waals surface area (Å²) in [5.74, 6) is 1.74. The van der Waals surface area contributed by atoms with Crippen LogP contribution < -0.4 is 15.4 Å². The van der Waals surface area contributed by atoms with Crippen LogP contribution in [0.1, 0.15) is 44.2 Å². The first-order valence-corrected chi connectivity index (χ1v) is 11.2. The van der Waals surface area contributed by atoms with Crippen LogP contribution in [0.25, 0.3) is 0 Å². The molecule has 0 bridgehead atoms. The Morgan fingerprint density at radius 2 is 1.97 bits per heavy atom. The standard InChI is InChI=1S/C23H38N4O3/c1-4-24-22(26-18-23(29-3)10-14-30-15-11-23)25-17-21(27-12-5-6-13-27)19-8-7-9-20(16-19)28-2/h7-9,16,21H,4-6,10-15,17-18H2,1-3H3,(H2,24,25,26). The van der Waals surface area contributed by atoms with Crippen molar-refractivity contribution in [2.75, 3.05) is 60.2 Å². The molecule has 3 rings (SSSR count). The van der Waals surface area contributed by atoms with Crippen molar-refractivity contribution in [2.45, 2.75) is 44.2 Å². The fraction of sp³-hybridized carbons (Fsp3) is 0.696. The SMILES string of the molecule is CCNC(=NCC1(OC)CCOCC1)NCC(c1cccc(OC)c1)N1CCCC1. The number of likely N-dealkylation sites (tertiary alicyclic amines) is 1. The minimum absolute atomic E-state index is 0.220. The second-order valence-corrected chi connectivity index (χ2v) is 8.11. The Hall–Kier alpha value is -1.83. The van der Waals surface area contributed by atoms with Gasteiger partial charge >= 0.3 is 0 Å². The van der Waals surface area contributed by atoms with Gasteiger partial charge in [-0.3, -0.25) is 9.89 Å². The molecule has 0 saturated carbocycles. The van der Waals surface area contributed by atoms with Gasteiger partial charge in [0, 0.05) is 46.3 Å². The highest BCUT2D eigenvalue weighted by Gasteiger charge is 2.32. The summed E-state index contributed by atoms with van der Waals surface area (Å²) in [6.07, 6.45) is 4.28. The van der Waals surface area contributed by atoms with Gasteiger partial charge in [-0.1, -0.05) is 12.1 Å². The molecule has 0 radical (unpaired) electrons. The number of guanidine groups is 1. The molecular formula is C23H38N4O3. The number of aliphatic imine (C=N–C) groups is 1. The van der Waals surface area contributed by atoms with Gasteiger partial charge in [-0.15, -0.1) is 0 Å². The molecule has 2 heterocycles. The molecule has 2 aliphatic rings. The average Bonchev–Trinajstić information content (AvgIpc) is 3.33. The van der Waals surface area contributed by atoms with Gasteiger partial charge in [0.05, 0.1) is 25.3 Å². The number of ether oxygens (including phenoxy) is 3. The summed E-state index contributed by atoms with van der Waals surface area (Å²) in [6.45, 7) is 8.08. The van der Waals surface area contributed by atoms with Crippen LogP contribution >= 0.6 is 0 Å². The third kappa shape index (κ3) is 6.09. The third-order valence-corrected chi connectivity index (χ3v) is 6.23. The second kappa shape index (κ2) is 11.5. The van der Waals surface area contributed by atoms with Gasteiger partial charge < -0.3 is 24.8 Å². The van der Waals surface area contributed by atoms with E-state index in [-0.39, 0.29) is 11.6 Å². The van der Waals surface area contributed by atoms with Gasteiger partial charge in [0.2, 0.25) is 0 Å². The van der Waals surface area contributed by atoms with Crippen LogP contribution in [0.5, 0.6) is 5.75 Å². The summed E-state index contributed by atoms with van der Waals surface area (Å²) >= 11 is 0. The van der Waals surface area contributed by atoms with E-state index < -0.39 is 0 Å². The van der Waals surface area contributed by atoms with Gasteiger partial charge in [0.15, 0.2) is 5.96 Å². The topological polar surface area (TPSA) is 67.4 Å². The lowest BCUT2D eigenvalue weighted by Gasteiger charge is -2.34. The zero-order valence-electron chi connectivity index (χ0n) is 18.8. The molecule has 168 valence electrons. The molecule has 1 aromatic rings. The van der Waals surface area contributed by atoms with Crippen LogP contribution in [0, 0.1) is 0 Å². The third-order valence-electron chi connectivity index (χ3n) is 6.23. The molecule has 0 aliphatic carbocycles. The molecule has 0 spiro atoms. The molecular weight excluding hydrogens is 380 g/mol. The lowest BCUT2D eigenvalue weighted by Crippen LogP contribution is -2.45. The predicted molar refractivity (Wildman–Crippen MR) is 120 cm³/mol. The molecule has 2 aliphatic heterocycles. The fourth-order valence-corrected chi connectivity index (χ4v) is 4.29. The monoisotopic (exact) mass is 418 g/mol. The van der Waals surface area contributed by atoms with E-state index >= 15 is 0 Å². The van der Waals surface area contributed by atoms with Crippen LogP contribution in [-0.2, 0) is 9.47 Å². The zero-order chi connectivity index (χ0) is 21.2. The number of methoxy groups -OCH3 is 2. The summed E-state index contributed by atoms with van der Waals surface area (Å²) < 4.78 is 16.8. The van der Waals surface area contributed by atoms with Crippen molar-refractivity contribution in [3.05, 3.63) is 29.8 Å². The lowest BCUT2D eigenvalue weighted by atomic mass is 9.94. The molecule has 0 amide bonds. The highest BCUT2D eigenvalue weighted by Crippen LogP contribution is 2.27. The largest absolute Gasteiger partial charge is 0.497 e. The number of nitrogens with zero attached hydrogens (tertiary/aromatic N) is 2. The predicted octanol–water partition coefficient (Wildman–Crippen LogP) is 2.58. The van der Waals surface area contributed by atoms with Gasteiger partial charge in [0.25, 0.3) is 0 Å². The minimum Gasteiger partial charge on any atom is -0.497 e. The lowest BCUT2D eigenvalue weighted by molar-refractivity contribution is -0.0828. The maximum Gasteiger partial charge on any atom is 0.191 e. The van der Waals surface area contributed by atoms with Crippen molar-refractivity contribution in [3.8, 4) is 5.75 Å². The van der Waals surface area contributed by atoms with Crippen LogP contribution in [0.4, 0.5) is 0 Å². The number of rotatable bonds is 9. The Balaban J connectivity index is 1.70. The first kappa shape index (κ1) is 22.8. The Morgan fingerprint density at radius 1 is 1.20 bits per heavy atom. The first-order valence-electron chi connectivity index (χ1n) is 11.2. The van der Waals surface area contributed by atoms with E-state index in [4.69, 9.17) is 19.2 Å². The Labute approximate surface area is 181 Å². The summed E-state index contributed by atoms with van der Waals surface area (Å²) in [5.41, 5.74) is 1.05. The van der Waals surface area contributed by atoms with E-state index in [1.54, 1.807) is 14.2 Å². The summed E-state index contributed by atoms with van der Waals surface area (Å²) in [7, 11) is 3.51. The van der Waals surface area contributed by atoms with Crippen molar-refractivity contribution in [1.29, 1.82) is 0 Å². The van der Waals surface area contributed by atoms with Crippen molar-refractivity contribution in [2.24, 2.45) is 4.99 Å². The molecule has 2 saturated heterocycles. The zero-order valence-corrected chi connectivity index (χ0v) is 18.8. The highest BCUT2D eigenvalue weighted by molar-refractivity contribution is 5.79. The normalized spacial score (nSPS) is 20.7. The van der Waals surface area contributed by atoms with Crippen LogP contribution in [0.3, 0.4) is 0 Å². The molecule has 7 heteroatoms. The Morgan fingerprint density at radius 3 is 2.63 bits per heavy atom. The van der Waals surface area contributed by atoms with E-state index in [2.05, 4.69) is 40.7 Å². The van der Waals surface area contributed by atoms with Crippen molar-refractivity contribution in [1.82, 2.24) is 15.5 Å². The number of hydrogen-bond acceptors (Lipinski definition) is 5. The molecule has 30 heavy (non-hydrogen) atoms. The molecule has 1 atom stereocenters. The number of hydrogen-bond donors (Lipinski definition) is 2. The molecule has 0 aromatic heterocycles. The Bertz CT molecular complexity index is 670. The van der Waals surface area contributed by atoms with Gasteiger partial charge in [-0.25, -0.2) is 0 Å². The quantitative estimate of drug-likeness (QED) is 0.475. The summed E-state index contributed by atoms with van der Waals surface area (Å²) in [5, 5.41) is 6.98. The minimum atomic E-state index is -0.220. The van der Waals surface area contributed by atoms with Crippen LogP contribution in [0.15, 0.2) is 29.3 Å². The van der Waals surface area contributed by atoms with Crippen LogP contribution in [-0.4, -0.2) is 76.6 Å². The van der Waals surface area contributed by atoms with Crippen molar-refractivity contribution in [3.63, 3.8) is 0 Å². The molecule has 1 unspecified atom stereocenters. The van der Waals surface area contributed by atoms with Crippen molar-refractivity contribution < 1.29 is 14.2 Å². The molecule has 1 aromatic carbocycles. The maximum absolute atomic E-state index is 5.84. The maximum atomic E-state index is 5.84. The Kier molecular flexibility index (Phi) is 8.78. The fourth-order valence-electron chi connectivity index (χ4n) is 4.29. The first-order chi connectivity index (χ1) is 14.7. The summed E-state index contributed by atoms with van der Waals surface area (Å²) in [6, 6.07) is 8.70. The van der Waals surface area contributed by atoms with Gasteiger partial charge in [0.1, 0.15) is 5.75 Å². The summed E-state index contributed by atoms with van der Waals surface area (Å²) in [4.78, 5) is 7.43. The van der Waals surface area contributed by atoms with Gasteiger partial charge in [-0.2, -0.15) is 0 Å². The molecule has 2 fully saturated rings. The second-order valence-electron chi connectivity index (χ2n) is 8.11. The van der Waals surface area contributed by atoms with E-state index in [1.165, 1.54) is 18.4 Å². The number of nitrogens with one attached hydrogen (secondary N) is 2. The average molecular weight is 419 g/mol. The molecule has 7 nitrogen and oxygen atoms in total. The van der Waals surface area contributed by atoms with E-state index in [0.717, 1.165) is 63.9 Å². The van der Waals surface area contributed by atoms with E-state index in [1.807, 2.05) is 6.07 Å². The smallest absolute Gasteiger partial charge is 0.191 e. The van der Waals surface area contributed by atoms with E-state index in [9.17, 15) is 0 Å². The van der Waals surface area contributed by atoms with E-state index in [0.29, 0.717) is 6.54 Å². The van der Waals surface area contributed by atoms with Gasteiger partial charge in [-0.05, 0) is 50.6 Å². The van der Waals surface area contributed by atoms with Crippen molar-refractivity contribution >= 4 is 5.96 Å². The molecule has 2 N–H and O–H groups in total. The highest BCUT2D eigenvalue weighted by atomic mass is 16.5. The van der Waals surface area contributed by atoms with Crippen LogP contribution in [0.2, 0.25) is 0 Å².